The topological polar surface area (TPSA) is 80.4 Å². The van der Waals surface area contributed by atoms with Gasteiger partial charge in [-0.15, -0.1) is 0 Å². The average Bonchev–Trinajstić information content (AvgIpc) is 2.28. The third kappa shape index (κ3) is 3.32. The van der Waals surface area contributed by atoms with Crippen molar-refractivity contribution < 1.29 is 23.5 Å². The van der Waals surface area contributed by atoms with Crippen molar-refractivity contribution in [1.82, 2.24) is 0 Å². The van der Waals surface area contributed by atoms with Crippen molar-refractivity contribution >= 4 is 12.3 Å². The molecule has 0 bridgehead atoms. The summed E-state index contributed by atoms with van der Waals surface area (Å²) < 4.78 is 25.8. The molecule has 6 heteroatoms. The Morgan fingerprint density at radius 2 is 2.00 bits per heavy atom. The minimum atomic E-state index is -1.14. The summed E-state index contributed by atoms with van der Waals surface area (Å²) in [5.74, 6) is -3.30. The van der Waals surface area contributed by atoms with Crippen LogP contribution in [-0.2, 0) is 4.79 Å². The van der Waals surface area contributed by atoms with Crippen LogP contribution in [0.4, 0.5) is 8.78 Å². The average molecular weight is 243 g/mol. The van der Waals surface area contributed by atoms with Crippen molar-refractivity contribution in [2.75, 3.05) is 0 Å². The second-order valence-electron chi connectivity index (χ2n) is 3.55. The molecule has 0 saturated heterocycles. The van der Waals surface area contributed by atoms with Gasteiger partial charge >= 0.3 is 5.97 Å². The van der Waals surface area contributed by atoms with E-state index in [0.717, 1.165) is 12.1 Å². The van der Waals surface area contributed by atoms with Crippen molar-refractivity contribution in [3.63, 3.8) is 0 Å². The van der Waals surface area contributed by atoms with Gasteiger partial charge in [-0.3, -0.25) is 9.59 Å². The van der Waals surface area contributed by atoms with E-state index in [1.54, 1.807) is 0 Å². The van der Waals surface area contributed by atoms with E-state index < -0.39 is 23.6 Å². The van der Waals surface area contributed by atoms with E-state index >= 15 is 0 Å². The Kier molecular flexibility index (Phi) is 4.28. The molecule has 0 heterocycles. The van der Waals surface area contributed by atoms with Crippen LogP contribution >= 0.6 is 0 Å². The minimum absolute atomic E-state index is 0.0429. The predicted molar refractivity (Wildman–Crippen MR) is 55.5 cm³/mol. The standard InChI is InChI=1S/C11H11F2NO3/c12-8-3-6(5-15)7(4-9(8)13)10(14)1-2-11(16)17/h3-5,10H,1-2,14H2,(H,16,17). The highest BCUT2D eigenvalue weighted by Crippen LogP contribution is 2.22. The smallest absolute Gasteiger partial charge is 0.303 e. The fourth-order valence-electron chi connectivity index (χ4n) is 1.44. The fourth-order valence-corrected chi connectivity index (χ4v) is 1.44. The fraction of sp³-hybridized carbons (Fsp3) is 0.273. The molecular formula is C11H11F2NO3. The normalized spacial score (nSPS) is 12.2. The van der Waals surface area contributed by atoms with Gasteiger partial charge in [0.1, 0.15) is 6.29 Å². The lowest BCUT2D eigenvalue weighted by Gasteiger charge is -2.13. The van der Waals surface area contributed by atoms with Gasteiger partial charge in [-0.25, -0.2) is 8.78 Å². The van der Waals surface area contributed by atoms with Gasteiger partial charge in [-0.2, -0.15) is 0 Å². The van der Waals surface area contributed by atoms with Crippen LogP contribution in [0.25, 0.3) is 0 Å². The highest BCUT2D eigenvalue weighted by Gasteiger charge is 2.16. The van der Waals surface area contributed by atoms with E-state index in [1.807, 2.05) is 0 Å². The van der Waals surface area contributed by atoms with Crippen LogP contribution in [0.1, 0.15) is 34.8 Å². The molecule has 1 aromatic rings. The molecule has 1 unspecified atom stereocenters. The third-order valence-electron chi connectivity index (χ3n) is 2.32. The van der Waals surface area contributed by atoms with Crippen LogP contribution in [0.15, 0.2) is 12.1 Å². The summed E-state index contributed by atoms with van der Waals surface area (Å²) in [7, 11) is 0. The van der Waals surface area contributed by atoms with Crippen LogP contribution in [0.3, 0.4) is 0 Å². The number of benzene rings is 1. The van der Waals surface area contributed by atoms with Gasteiger partial charge in [0.15, 0.2) is 11.6 Å². The molecule has 0 fully saturated rings. The number of carboxylic acid groups (broad SMARTS) is 1. The molecule has 1 rings (SSSR count). The first-order valence-electron chi connectivity index (χ1n) is 4.87. The molecule has 92 valence electrons. The predicted octanol–water partition coefficient (Wildman–Crippen LogP) is 1.64. The molecule has 4 nitrogen and oxygen atoms in total. The van der Waals surface area contributed by atoms with Gasteiger partial charge in [-0.1, -0.05) is 0 Å². The van der Waals surface area contributed by atoms with Gasteiger partial charge in [0.05, 0.1) is 0 Å². The number of hydrogen-bond donors (Lipinski definition) is 2. The maximum atomic E-state index is 13.0. The number of carbonyl (C=O) groups is 2. The van der Waals surface area contributed by atoms with Gasteiger partial charge in [0.2, 0.25) is 0 Å². The zero-order chi connectivity index (χ0) is 13.0. The first kappa shape index (κ1) is 13.2. The van der Waals surface area contributed by atoms with Crippen LogP contribution in [0.2, 0.25) is 0 Å². The Balaban J connectivity index is 2.99. The minimum Gasteiger partial charge on any atom is -0.481 e. The van der Waals surface area contributed by atoms with E-state index in [1.165, 1.54) is 0 Å². The van der Waals surface area contributed by atoms with E-state index in [4.69, 9.17) is 10.8 Å². The number of aliphatic carboxylic acids is 1. The van der Waals surface area contributed by atoms with Gasteiger partial charge in [0, 0.05) is 18.0 Å². The zero-order valence-corrected chi connectivity index (χ0v) is 8.82. The van der Waals surface area contributed by atoms with Crippen LogP contribution in [-0.4, -0.2) is 17.4 Å². The lowest BCUT2D eigenvalue weighted by Crippen LogP contribution is -2.15. The molecule has 0 amide bonds. The summed E-state index contributed by atoms with van der Waals surface area (Å²) in [6.07, 6.45) is 0.193. The molecule has 1 aromatic carbocycles. The summed E-state index contributed by atoms with van der Waals surface area (Å²) in [6.45, 7) is 0. The highest BCUT2D eigenvalue weighted by atomic mass is 19.2. The quantitative estimate of drug-likeness (QED) is 0.770. The molecule has 1 atom stereocenters. The maximum absolute atomic E-state index is 13.0. The lowest BCUT2D eigenvalue weighted by molar-refractivity contribution is -0.137. The van der Waals surface area contributed by atoms with Gasteiger partial charge in [-0.05, 0) is 24.1 Å². The van der Waals surface area contributed by atoms with Crippen LogP contribution < -0.4 is 5.73 Å². The molecule has 17 heavy (non-hydrogen) atoms. The number of rotatable bonds is 5. The molecule has 0 aromatic heterocycles. The van der Waals surface area contributed by atoms with E-state index in [9.17, 15) is 18.4 Å². The zero-order valence-electron chi connectivity index (χ0n) is 8.82. The monoisotopic (exact) mass is 243 g/mol. The summed E-state index contributed by atoms with van der Waals surface area (Å²) in [5, 5.41) is 8.48. The second-order valence-corrected chi connectivity index (χ2v) is 3.55. The Labute approximate surface area is 96.0 Å². The van der Waals surface area contributed by atoms with Gasteiger partial charge in [0.25, 0.3) is 0 Å². The van der Waals surface area contributed by atoms with Crippen molar-refractivity contribution in [3.8, 4) is 0 Å². The number of hydrogen-bond acceptors (Lipinski definition) is 3. The number of carboxylic acids is 1. The maximum Gasteiger partial charge on any atom is 0.303 e. The van der Waals surface area contributed by atoms with Crippen molar-refractivity contribution in [1.29, 1.82) is 0 Å². The summed E-state index contributed by atoms with van der Waals surface area (Å²) >= 11 is 0. The first-order chi connectivity index (χ1) is 7.95. The highest BCUT2D eigenvalue weighted by molar-refractivity contribution is 5.77. The van der Waals surface area contributed by atoms with Crippen molar-refractivity contribution in [3.05, 3.63) is 34.9 Å². The Hall–Kier alpha value is -1.82. The van der Waals surface area contributed by atoms with Crippen molar-refractivity contribution in [2.24, 2.45) is 5.73 Å². The molecule has 0 radical (unpaired) electrons. The van der Waals surface area contributed by atoms with Crippen LogP contribution in [0.5, 0.6) is 0 Å². The SMILES string of the molecule is NC(CCC(=O)O)c1cc(F)c(F)cc1C=O. The Morgan fingerprint density at radius 1 is 1.41 bits per heavy atom. The molecule has 3 N–H and O–H groups in total. The molecule has 0 aliphatic rings. The van der Waals surface area contributed by atoms with Gasteiger partial charge < -0.3 is 10.8 Å². The van der Waals surface area contributed by atoms with E-state index in [0.29, 0.717) is 6.29 Å². The Bertz CT molecular complexity index is 449. The number of aldehydes is 1. The summed E-state index contributed by atoms with van der Waals surface area (Å²) in [4.78, 5) is 21.0. The molecule has 0 aliphatic carbocycles. The third-order valence-corrected chi connectivity index (χ3v) is 2.32. The van der Waals surface area contributed by atoms with Crippen LogP contribution in [0, 0.1) is 11.6 Å². The molecule has 0 saturated carbocycles. The summed E-state index contributed by atoms with van der Waals surface area (Å²) in [5.41, 5.74) is 5.67. The largest absolute Gasteiger partial charge is 0.481 e. The molecular weight excluding hydrogens is 232 g/mol. The molecule has 0 spiro atoms. The number of halogens is 2. The second kappa shape index (κ2) is 5.49. The first-order valence-corrected chi connectivity index (χ1v) is 4.87. The summed E-state index contributed by atoms with van der Waals surface area (Å²) in [6, 6.07) is 0.755. The lowest BCUT2D eigenvalue weighted by atomic mass is 9.97. The van der Waals surface area contributed by atoms with E-state index in [-0.39, 0.29) is 24.0 Å². The number of carbonyl (C=O) groups excluding carboxylic acids is 1. The van der Waals surface area contributed by atoms with Crippen molar-refractivity contribution in [2.45, 2.75) is 18.9 Å². The molecule has 0 aliphatic heterocycles. The van der Waals surface area contributed by atoms with E-state index in [2.05, 4.69) is 0 Å². The Morgan fingerprint density at radius 3 is 2.53 bits per heavy atom. The number of nitrogens with two attached hydrogens (primary N) is 1.